The molecule has 2 aliphatic rings. The van der Waals surface area contributed by atoms with Crippen LogP contribution in [0.2, 0.25) is 0 Å². The van der Waals surface area contributed by atoms with Crippen molar-refractivity contribution in [2.24, 2.45) is 0 Å². The van der Waals surface area contributed by atoms with Gasteiger partial charge in [-0.2, -0.15) is 4.98 Å². The van der Waals surface area contributed by atoms with Gasteiger partial charge in [0.05, 0.1) is 23.9 Å². The van der Waals surface area contributed by atoms with Gasteiger partial charge in [0.1, 0.15) is 28.6 Å². The predicted molar refractivity (Wildman–Crippen MR) is 154 cm³/mol. The molecule has 218 valence electrons. The minimum absolute atomic E-state index is 0.0291. The number of rotatable bonds is 3. The number of aromatic nitrogens is 7. The van der Waals surface area contributed by atoms with Crippen LogP contribution in [0.5, 0.6) is 5.75 Å². The van der Waals surface area contributed by atoms with Gasteiger partial charge in [0.15, 0.2) is 11.5 Å². The van der Waals surface area contributed by atoms with Gasteiger partial charge in [-0.3, -0.25) is 14.5 Å². The third kappa shape index (κ3) is 4.58. The fourth-order valence-corrected chi connectivity index (χ4v) is 5.69. The van der Waals surface area contributed by atoms with Crippen LogP contribution in [-0.4, -0.2) is 77.1 Å². The summed E-state index contributed by atoms with van der Waals surface area (Å²) in [4.78, 5) is 44.1. The van der Waals surface area contributed by atoms with Gasteiger partial charge in [-0.05, 0) is 31.9 Å². The third-order valence-corrected chi connectivity index (χ3v) is 7.77. The number of hydrogen-bond donors (Lipinski definition) is 0. The molecular formula is C29H32FN9O3. The number of carbonyl (C=O) groups excluding carboxylic acids is 1. The van der Waals surface area contributed by atoms with Crippen LogP contribution in [0.15, 0.2) is 42.0 Å². The molecule has 0 aromatic carbocycles. The predicted octanol–water partition coefficient (Wildman–Crippen LogP) is 3.09. The van der Waals surface area contributed by atoms with Crippen LogP contribution in [0.1, 0.15) is 45.7 Å². The van der Waals surface area contributed by atoms with Crippen molar-refractivity contribution in [2.45, 2.75) is 58.7 Å². The molecule has 6 rings (SSSR count). The summed E-state index contributed by atoms with van der Waals surface area (Å²) in [6.45, 7) is 13.0. The van der Waals surface area contributed by atoms with Gasteiger partial charge in [-0.25, -0.2) is 18.7 Å². The number of nitrogens with zero attached hydrogens (tertiary/aromatic N) is 9. The molecule has 0 spiro atoms. The van der Waals surface area contributed by atoms with Crippen LogP contribution in [0.3, 0.4) is 0 Å². The SMILES string of the molecule is C=CC(=O)N1CC(C)N(c2nc(=O)n3c4nc(c(F)cc24)-c2cn(nn2)CCCOc2ccnc(C(C)C)c2-3)CC1C. The van der Waals surface area contributed by atoms with Crippen molar-refractivity contribution in [1.29, 1.82) is 0 Å². The molecule has 13 heteroatoms. The van der Waals surface area contributed by atoms with E-state index >= 15 is 4.39 Å². The lowest BCUT2D eigenvalue weighted by Gasteiger charge is -2.44. The standard InChI is InChI=1S/C29H32FN9O3/c1-6-23(40)37-13-18(5)38(14-17(37)4)27-19-12-20(30)25-21-15-36(35-34-21)10-7-11-42-22-8-9-31-24(16(2)3)26(22)39(28(19)32-25)29(41)33-27/h6,8-9,12,15-18H,1,7,10-11,13-14H2,2-5H3. The zero-order valence-corrected chi connectivity index (χ0v) is 24.0. The molecule has 4 aromatic heterocycles. The second-order valence-electron chi connectivity index (χ2n) is 11.1. The Morgan fingerprint density at radius 2 is 2.02 bits per heavy atom. The number of hydrogen-bond acceptors (Lipinski definition) is 9. The van der Waals surface area contributed by atoms with Crippen molar-refractivity contribution in [3.05, 3.63) is 59.2 Å². The molecule has 4 aromatic rings. The Morgan fingerprint density at radius 1 is 1.21 bits per heavy atom. The van der Waals surface area contributed by atoms with Gasteiger partial charge in [0, 0.05) is 50.4 Å². The molecule has 12 nitrogen and oxygen atoms in total. The second kappa shape index (κ2) is 10.6. The van der Waals surface area contributed by atoms with Gasteiger partial charge in [0.2, 0.25) is 5.91 Å². The summed E-state index contributed by atoms with van der Waals surface area (Å²) in [5.74, 6) is -0.119. The first-order valence-electron chi connectivity index (χ1n) is 14.0. The number of aryl methyl sites for hydroxylation is 1. The van der Waals surface area contributed by atoms with Crippen LogP contribution >= 0.6 is 0 Å². The number of piperazine rings is 1. The van der Waals surface area contributed by atoms with Crippen molar-refractivity contribution in [2.75, 3.05) is 24.6 Å². The molecule has 1 saturated heterocycles. The second-order valence-corrected chi connectivity index (χ2v) is 11.1. The van der Waals surface area contributed by atoms with Gasteiger partial charge in [-0.15, -0.1) is 5.10 Å². The maximum Gasteiger partial charge on any atom is 0.356 e. The number of pyridine rings is 2. The molecule has 42 heavy (non-hydrogen) atoms. The highest BCUT2D eigenvalue weighted by Crippen LogP contribution is 2.35. The maximum absolute atomic E-state index is 15.9. The van der Waals surface area contributed by atoms with E-state index in [2.05, 4.69) is 26.9 Å². The minimum atomic E-state index is -0.620. The van der Waals surface area contributed by atoms with Crippen LogP contribution in [0.25, 0.3) is 28.1 Å². The highest BCUT2D eigenvalue weighted by Gasteiger charge is 2.34. The molecule has 0 radical (unpaired) electrons. The average Bonchev–Trinajstić information content (AvgIpc) is 3.44. The molecule has 2 atom stereocenters. The van der Waals surface area contributed by atoms with Gasteiger partial charge >= 0.3 is 5.69 Å². The molecular weight excluding hydrogens is 541 g/mol. The van der Waals surface area contributed by atoms with E-state index in [1.165, 1.54) is 16.7 Å². The van der Waals surface area contributed by atoms with E-state index in [4.69, 9.17) is 9.72 Å². The molecule has 1 fully saturated rings. The Bertz CT molecular complexity index is 1770. The maximum atomic E-state index is 15.9. The van der Waals surface area contributed by atoms with Crippen LogP contribution < -0.4 is 15.3 Å². The number of ether oxygens (including phenoxy) is 1. The van der Waals surface area contributed by atoms with Gasteiger partial charge < -0.3 is 14.5 Å². The summed E-state index contributed by atoms with van der Waals surface area (Å²) >= 11 is 0. The number of carbonyl (C=O) groups is 1. The van der Waals surface area contributed by atoms with Crippen LogP contribution in [0, 0.1) is 5.82 Å². The highest BCUT2D eigenvalue weighted by molar-refractivity contribution is 5.91. The fourth-order valence-electron chi connectivity index (χ4n) is 5.69. The first-order chi connectivity index (χ1) is 20.2. The number of anilines is 1. The average molecular weight is 574 g/mol. The zero-order valence-electron chi connectivity index (χ0n) is 24.0. The van der Waals surface area contributed by atoms with Gasteiger partial charge in [-0.1, -0.05) is 25.6 Å². The zero-order chi connectivity index (χ0) is 29.7. The number of halogens is 1. The Morgan fingerprint density at radius 3 is 2.79 bits per heavy atom. The Kier molecular flexibility index (Phi) is 6.95. The minimum Gasteiger partial charge on any atom is -0.491 e. The first-order valence-corrected chi connectivity index (χ1v) is 14.0. The summed E-state index contributed by atoms with van der Waals surface area (Å²) in [7, 11) is 0. The number of fused-ring (bicyclic) bond motifs is 6. The van der Waals surface area contributed by atoms with Crippen molar-refractivity contribution in [3.63, 3.8) is 0 Å². The molecule has 2 aliphatic heterocycles. The van der Waals surface area contributed by atoms with Crippen LogP contribution in [0.4, 0.5) is 10.2 Å². The lowest BCUT2D eigenvalue weighted by Crippen LogP contribution is -2.58. The quantitative estimate of drug-likeness (QED) is 0.340. The Balaban J connectivity index is 1.65. The monoisotopic (exact) mass is 573 g/mol. The summed E-state index contributed by atoms with van der Waals surface area (Å²) in [5.41, 5.74) is 0.856. The Hall–Kier alpha value is -4.68. The van der Waals surface area contributed by atoms with Gasteiger partial charge in [0.25, 0.3) is 0 Å². The van der Waals surface area contributed by atoms with Crippen molar-refractivity contribution < 1.29 is 13.9 Å². The largest absolute Gasteiger partial charge is 0.491 e. The smallest absolute Gasteiger partial charge is 0.356 e. The summed E-state index contributed by atoms with van der Waals surface area (Å²) in [6.07, 6.45) is 5.18. The number of amides is 1. The van der Waals surface area contributed by atoms with E-state index in [1.807, 2.05) is 32.6 Å². The topological polar surface area (TPSA) is 124 Å². The van der Waals surface area contributed by atoms with E-state index in [0.717, 1.165) is 0 Å². The van der Waals surface area contributed by atoms with Crippen molar-refractivity contribution >= 4 is 22.8 Å². The molecule has 0 N–H and O–H groups in total. The Labute approximate surface area is 241 Å². The van der Waals surface area contributed by atoms with E-state index in [1.54, 1.807) is 28.0 Å². The fraction of sp³-hybridized carbons (Fsp3) is 0.414. The van der Waals surface area contributed by atoms with E-state index in [9.17, 15) is 9.59 Å². The summed E-state index contributed by atoms with van der Waals surface area (Å²) in [6, 6.07) is 2.63. The molecule has 2 unspecified atom stereocenters. The lowest BCUT2D eigenvalue weighted by molar-refractivity contribution is -0.128. The van der Waals surface area contributed by atoms with E-state index in [-0.39, 0.29) is 40.9 Å². The van der Waals surface area contributed by atoms with E-state index in [0.29, 0.717) is 61.0 Å². The first kappa shape index (κ1) is 27.5. The summed E-state index contributed by atoms with van der Waals surface area (Å²) in [5, 5.41) is 8.63. The highest BCUT2D eigenvalue weighted by atomic mass is 19.1. The van der Waals surface area contributed by atoms with Crippen molar-refractivity contribution in [3.8, 4) is 22.8 Å². The normalized spacial score (nSPS) is 18.7. The van der Waals surface area contributed by atoms with Crippen LogP contribution in [-0.2, 0) is 11.3 Å². The lowest BCUT2D eigenvalue weighted by atomic mass is 10.1. The van der Waals surface area contributed by atoms with Crippen molar-refractivity contribution in [1.82, 2.24) is 39.4 Å². The molecule has 0 aliphatic carbocycles. The molecule has 6 heterocycles. The summed E-state index contributed by atoms with van der Waals surface area (Å²) < 4.78 is 25.1. The molecule has 4 bridgehead atoms. The molecule has 1 amide bonds. The third-order valence-electron chi connectivity index (χ3n) is 7.77. The van der Waals surface area contributed by atoms with E-state index < -0.39 is 11.5 Å². The molecule has 0 saturated carbocycles.